The third-order valence-electron chi connectivity index (χ3n) is 4.13. The minimum absolute atomic E-state index is 0.180. The van der Waals surface area contributed by atoms with Crippen molar-refractivity contribution in [2.75, 3.05) is 13.1 Å². The van der Waals surface area contributed by atoms with Crippen molar-refractivity contribution >= 4 is 16.0 Å². The number of carbonyl (C=O) groups is 1. The summed E-state index contributed by atoms with van der Waals surface area (Å²) in [5.41, 5.74) is 0.976. The average Bonchev–Trinajstić information content (AvgIpc) is 2.46. The van der Waals surface area contributed by atoms with E-state index in [0.717, 1.165) is 12.0 Å². The predicted molar refractivity (Wildman–Crippen MR) is 79.5 cm³/mol. The SMILES string of the molecule is CCc1cccc(S(=O)(=O)N2CCC(C(=O)O)C(C)C2)c1. The molecule has 1 saturated heterocycles. The van der Waals surface area contributed by atoms with E-state index < -0.39 is 21.9 Å². The molecule has 1 N–H and O–H groups in total. The van der Waals surface area contributed by atoms with E-state index >= 15 is 0 Å². The summed E-state index contributed by atoms with van der Waals surface area (Å²) in [6.07, 6.45) is 1.14. The third kappa shape index (κ3) is 3.27. The molecule has 21 heavy (non-hydrogen) atoms. The third-order valence-corrected chi connectivity index (χ3v) is 5.99. The number of nitrogens with zero attached hydrogens (tertiary/aromatic N) is 1. The van der Waals surface area contributed by atoms with Gasteiger partial charge in [-0.1, -0.05) is 26.0 Å². The highest BCUT2D eigenvalue weighted by atomic mass is 32.2. The van der Waals surface area contributed by atoms with E-state index in [1.54, 1.807) is 25.1 Å². The molecule has 1 aliphatic heterocycles. The van der Waals surface area contributed by atoms with Crippen LogP contribution >= 0.6 is 0 Å². The van der Waals surface area contributed by atoms with Gasteiger partial charge in [0.2, 0.25) is 10.0 Å². The van der Waals surface area contributed by atoms with Crippen molar-refractivity contribution in [3.05, 3.63) is 29.8 Å². The molecule has 0 amide bonds. The molecule has 116 valence electrons. The Kier molecular flexibility index (Phi) is 4.68. The second-order valence-electron chi connectivity index (χ2n) is 5.57. The van der Waals surface area contributed by atoms with Gasteiger partial charge in [0, 0.05) is 13.1 Å². The lowest BCUT2D eigenvalue weighted by Gasteiger charge is -2.34. The summed E-state index contributed by atoms with van der Waals surface area (Å²) in [6.45, 7) is 4.30. The number of aliphatic carboxylic acids is 1. The molecule has 2 unspecified atom stereocenters. The van der Waals surface area contributed by atoms with Gasteiger partial charge >= 0.3 is 5.97 Å². The van der Waals surface area contributed by atoms with Crippen molar-refractivity contribution < 1.29 is 18.3 Å². The Morgan fingerprint density at radius 3 is 2.71 bits per heavy atom. The summed E-state index contributed by atoms with van der Waals surface area (Å²) >= 11 is 0. The second-order valence-corrected chi connectivity index (χ2v) is 7.51. The lowest BCUT2D eigenvalue weighted by molar-refractivity contribution is -0.144. The van der Waals surface area contributed by atoms with Crippen LogP contribution in [0.15, 0.2) is 29.2 Å². The molecule has 1 aromatic carbocycles. The Balaban J connectivity index is 2.23. The highest BCUT2D eigenvalue weighted by Gasteiger charge is 2.36. The smallest absolute Gasteiger partial charge is 0.306 e. The quantitative estimate of drug-likeness (QED) is 0.922. The van der Waals surface area contributed by atoms with Crippen LogP contribution in [0.1, 0.15) is 25.8 Å². The Labute approximate surface area is 125 Å². The van der Waals surface area contributed by atoms with E-state index in [4.69, 9.17) is 5.11 Å². The van der Waals surface area contributed by atoms with Gasteiger partial charge in [-0.3, -0.25) is 4.79 Å². The highest BCUT2D eigenvalue weighted by molar-refractivity contribution is 7.89. The number of sulfonamides is 1. The van der Waals surface area contributed by atoms with Crippen LogP contribution in [0.4, 0.5) is 0 Å². The molecule has 0 radical (unpaired) electrons. The van der Waals surface area contributed by atoms with Crippen LogP contribution in [-0.4, -0.2) is 36.9 Å². The van der Waals surface area contributed by atoms with Gasteiger partial charge in [-0.15, -0.1) is 0 Å². The highest BCUT2D eigenvalue weighted by Crippen LogP contribution is 2.28. The van der Waals surface area contributed by atoms with E-state index in [-0.39, 0.29) is 19.0 Å². The van der Waals surface area contributed by atoms with Gasteiger partial charge in [0.05, 0.1) is 10.8 Å². The van der Waals surface area contributed by atoms with E-state index in [2.05, 4.69) is 0 Å². The van der Waals surface area contributed by atoms with Crippen LogP contribution in [0.2, 0.25) is 0 Å². The minimum Gasteiger partial charge on any atom is -0.481 e. The summed E-state index contributed by atoms with van der Waals surface area (Å²) in [6, 6.07) is 6.95. The molecule has 0 spiro atoms. The predicted octanol–water partition coefficient (Wildman–Crippen LogP) is 1.98. The van der Waals surface area contributed by atoms with Gasteiger partial charge in [-0.25, -0.2) is 8.42 Å². The molecule has 1 aliphatic rings. The lowest BCUT2D eigenvalue weighted by Crippen LogP contribution is -2.44. The Hall–Kier alpha value is -1.40. The van der Waals surface area contributed by atoms with Crippen molar-refractivity contribution in [1.29, 1.82) is 0 Å². The first-order chi connectivity index (χ1) is 9.86. The van der Waals surface area contributed by atoms with Gasteiger partial charge in [-0.2, -0.15) is 4.31 Å². The zero-order valence-electron chi connectivity index (χ0n) is 12.3. The molecule has 0 aromatic heterocycles. The van der Waals surface area contributed by atoms with Crippen molar-refractivity contribution in [2.24, 2.45) is 11.8 Å². The molecule has 1 heterocycles. The van der Waals surface area contributed by atoms with Crippen molar-refractivity contribution in [3.63, 3.8) is 0 Å². The second kappa shape index (κ2) is 6.15. The maximum absolute atomic E-state index is 12.7. The normalized spacial score (nSPS) is 23.9. The summed E-state index contributed by atoms with van der Waals surface area (Å²) in [5.74, 6) is -1.48. The van der Waals surface area contributed by atoms with Crippen molar-refractivity contribution in [1.82, 2.24) is 4.31 Å². The standard InChI is InChI=1S/C15H21NO4S/c1-3-12-5-4-6-13(9-12)21(19,20)16-8-7-14(15(17)18)11(2)10-16/h4-6,9,11,14H,3,7-8,10H2,1-2H3,(H,17,18). The molecular formula is C15H21NO4S. The Bertz CT molecular complexity index is 626. The van der Waals surface area contributed by atoms with Crippen LogP contribution in [0.25, 0.3) is 0 Å². The summed E-state index contributed by atoms with van der Waals surface area (Å²) in [4.78, 5) is 11.4. The average molecular weight is 311 g/mol. The molecule has 0 aliphatic carbocycles. The van der Waals surface area contributed by atoms with Crippen LogP contribution in [-0.2, 0) is 21.2 Å². The van der Waals surface area contributed by atoms with Gasteiger partial charge in [0.15, 0.2) is 0 Å². The van der Waals surface area contributed by atoms with Crippen LogP contribution in [0.5, 0.6) is 0 Å². The van der Waals surface area contributed by atoms with Crippen LogP contribution in [0.3, 0.4) is 0 Å². The van der Waals surface area contributed by atoms with E-state index in [0.29, 0.717) is 11.3 Å². The number of piperidine rings is 1. The number of benzene rings is 1. The first-order valence-corrected chi connectivity index (χ1v) is 8.62. The number of carboxylic acid groups (broad SMARTS) is 1. The van der Waals surface area contributed by atoms with Gasteiger partial charge in [0.25, 0.3) is 0 Å². The van der Waals surface area contributed by atoms with E-state index in [1.165, 1.54) is 4.31 Å². The maximum Gasteiger partial charge on any atom is 0.306 e. The number of hydrogen-bond donors (Lipinski definition) is 1. The first-order valence-electron chi connectivity index (χ1n) is 7.18. The topological polar surface area (TPSA) is 74.7 Å². The molecule has 1 fully saturated rings. The van der Waals surface area contributed by atoms with Gasteiger partial charge in [0.1, 0.15) is 0 Å². The molecular weight excluding hydrogens is 290 g/mol. The molecule has 2 rings (SSSR count). The number of carboxylic acids is 1. The Morgan fingerprint density at radius 1 is 1.43 bits per heavy atom. The Morgan fingerprint density at radius 2 is 2.14 bits per heavy atom. The fourth-order valence-electron chi connectivity index (χ4n) is 2.77. The summed E-state index contributed by atoms with van der Waals surface area (Å²) in [5, 5.41) is 9.12. The minimum atomic E-state index is -3.54. The molecule has 6 heteroatoms. The fourth-order valence-corrected chi connectivity index (χ4v) is 4.39. The van der Waals surface area contributed by atoms with Crippen LogP contribution in [0, 0.1) is 11.8 Å². The first kappa shape index (κ1) is 16.0. The molecule has 2 atom stereocenters. The van der Waals surface area contributed by atoms with E-state index in [1.807, 2.05) is 13.0 Å². The maximum atomic E-state index is 12.7. The van der Waals surface area contributed by atoms with Crippen LogP contribution < -0.4 is 0 Å². The van der Waals surface area contributed by atoms with E-state index in [9.17, 15) is 13.2 Å². The van der Waals surface area contributed by atoms with Crippen molar-refractivity contribution in [3.8, 4) is 0 Å². The van der Waals surface area contributed by atoms with Gasteiger partial charge < -0.3 is 5.11 Å². The fraction of sp³-hybridized carbons (Fsp3) is 0.533. The molecule has 1 aromatic rings. The number of rotatable bonds is 4. The monoisotopic (exact) mass is 311 g/mol. The number of aryl methyl sites for hydroxylation is 1. The zero-order chi connectivity index (χ0) is 15.6. The number of hydrogen-bond acceptors (Lipinski definition) is 3. The summed E-state index contributed by atoms with van der Waals surface area (Å²) in [7, 11) is -3.54. The summed E-state index contributed by atoms with van der Waals surface area (Å²) < 4.78 is 26.7. The van der Waals surface area contributed by atoms with Crippen molar-refractivity contribution in [2.45, 2.75) is 31.6 Å². The van der Waals surface area contributed by atoms with Gasteiger partial charge in [-0.05, 0) is 36.5 Å². The molecule has 5 nitrogen and oxygen atoms in total. The largest absolute Gasteiger partial charge is 0.481 e. The molecule has 0 bridgehead atoms. The zero-order valence-corrected chi connectivity index (χ0v) is 13.1. The molecule has 0 saturated carbocycles. The lowest BCUT2D eigenvalue weighted by atomic mass is 9.88.